The maximum atomic E-state index is 13.3. The summed E-state index contributed by atoms with van der Waals surface area (Å²) in [6.07, 6.45) is 2.15. The molecule has 1 N–H and O–H groups in total. The molecule has 0 unspecified atom stereocenters. The molecule has 1 fully saturated rings. The molecule has 2 aromatic carbocycles. The van der Waals surface area contributed by atoms with E-state index in [1.165, 1.54) is 0 Å². The van der Waals surface area contributed by atoms with Gasteiger partial charge < -0.3 is 5.32 Å². The van der Waals surface area contributed by atoms with E-state index in [-0.39, 0.29) is 12.2 Å². The van der Waals surface area contributed by atoms with Gasteiger partial charge in [0.2, 0.25) is 5.69 Å². The molecule has 1 heterocycles. The number of benzene rings is 2. The standard InChI is InChI=1S/C24H26N4O3/c1-15-10-16(2)12-20(11-15)28-24(31)27(14-19-7-5-4-6-17(19)3)23(30)21(26-28)22(29)25-13-18-8-9-18/h4-7,10-12,18H,8-9,13-14H2,1-3H3,(H,25,29). The molecule has 31 heavy (non-hydrogen) atoms. The predicted molar refractivity (Wildman–Crippen MR) is 119 cm³/mol. The molecule has 0 aliphatic heterocycles. The molecule has 0 bridgehead atoms. The molecule has 7 heteroatoms. The second kappa shape index (κ2) is 8.34. The molecular formula is C24H26N4O3. The molecule has 0 radical (unpaired) electrons. The fourth-order valence-electron chi connectivity index (χ4n) is 3.64. The zero-order valence-corrected chi connectivity index (χ0v) is 18.0. The maximum absolute atomic E-state index is 13.3. The van der Waals surface area contributed by atoms with Crippen molar-refractivity contribution in [2.45, 2.75) is 40.2 Å². The van der Waals surface area contributed by atoms with Gasteiger partial charge in [-0.25, -0.2) is 4.79 Å². The van der Waals surface area contributed by atoms with Crippen LogP contribution in [0.25, 0.3) is 5.69 Å². The SMILES string of the molecule is Cc1cc(C)cc(-n2nc(C(=O)NCC3CC3)c(=O)n(Cc3ccccc3C)c2=O)c1. The maximum Gasteiger partial charge on any atom is 0.352 e. The molecule has 1 aliphatic rings. The van der Waals surface area contributed by atoms with Gasteiger partial charge in [-0.05, 0) is 73.9 Å². The van der Waals surface area contributed by atoms with Gasteiger partial charge >= 0.3 is 5.69 Å². The number of rotatable bonds is 6. The van der Waals surface area contributed by atoms with E-state index < -0.39 is 17.2 Å². The van der Waals surface area contributed by atoms with Gasteiger partial charge in [0.1, 0.15) is 0 Å². The van der Waals surface area contributed by atoms with Crippen LogP contribution in [0.2, 0.25) is 0 Å². The van der Waals surface area contributed by atoms with E-state index >= 15 is 0 Å². The summed E-state index contributed by atoms with van der Waals surface area (Å²) in [6, 6.07) is 13.2. The fraction of sp³-hybridized carbons (Fsp3) is 0.333. The second-order valence-electron chi connectivity index (χ2n) is 8.36. The summed E-state index contributed by atoms with van der Waals surface area (Å²) in [5, 5.41) is 7.00. The van der Waals surface area contributed by atoms with Crippen molar-refractivity contribution < 1.29 is 4.79 Å². The van der Waals surface area contributed by atoms with Crippen LogP contribution in [0.15, 0.2) is 52.1 Å². The van der Waals surface area contributed by atoms with Gasteiger partial charge in [0.25, 0.3) is 11.5 Å². The Bertz CT molecular complexity index is 1250. The van der Waals surface area contributed by atoms with E-state index in [1.54, 1.807) is 0 Å². The molecule has 1 aromatic heterocycles. The second-order valence-corrected chi connectivity index (χ2v) is 8.36. The summed E-state index contributed by atoms with van der Waals surface area (Å²) < 4.78 is 2.25. The highest BCUT2D eigenvalue weighted by atomic mass is 16.2. The van der Waals surface area contributed by atoms with E-state index in [2.05, 4.69) is 10.4 Å². The summed E-state index contributed by atoms with van der Waals surface area (Å²) >= 11 is 0. The third-order valence-corrected chi connectivity index (χ3v) is 5.56. The first-order valence-corrected chi connectivity index (χ1v) is 10.5. The molecule has 0 atom stereocenters. The highest BCUT2D eigenvalue weighted by molar-refractivity contribution is 5.91. The average Bonchev–Trinajstić information content (AvgIpc) is 3.54. The first-order chi connectivity index (χ1) is 14.8. The third kappa shape index (κ3) is 4.50. The Morgan fingerprint density at radius 2 is 1.74 bits per heavy atom. The number of aryl methyl sites for hydroxylation is 3. The van der Waals surface area contributed by atoms with Gasteiger partial charge in [0.05, 0.1) is 12.2 Å². The number of nitrogens with zero attached hydrogens (tertiary/aromatic N) is 3. The minimum atomic E-state index is -0.679. The first kappa shape index (κ1) is 20.8. The van der Waals surface area contributed by atoms with Gasteiger partial charge in [-0.15, -0.1) is 0 Å². The van der Waals surface area contributed by atoms with Gasteiger partial charge in [-0.3, -0.25) is 14.2 Å². The zero-order chi connectivity index (χ0) is 22.1. The summed E-state index contributed by atoms with van der Waals surface area (Å²) in [5.41, 5.74) is 2.72. The number of hydrogen-bond acceptors (Lipinski definition) is 4. The lowest BCUT2D eigenvalue weighted by Gasteiger charge is -2.14. The molecule has 160 valence electrons. The third-order valence-electron chi connectivity index (χ3n) is 5.56. The smallest absolute Gasteiger partial charge is 0.350 e. The number of hydrogen-bond donors (Lipinski definition) is 1. The van der Waals surface area contributed by atoms with E-state index in [0.717, 1.165) is 44.3 Å². The van der Waals surface area contributed by atoms with Gasteiger partial charge in [0, 0.05) is 6.54 Å². The number of aromatic nitrogens is 3. The molecule has 0 saturated heterocycles. The molecule has 1 saturated carbocycles. The Kier molecular flexibility index (Phi) is 5.59. The lowest BCUT2D eigenvalue weighted by atomic mass is 10.1. The van der Waals surface area contributed by atoms with Crippen molar-refractivity contribution in [3.8, 4) is 5.69 Å². The zero-order valence-electron chi connectivity index (χ0n) is 18.0. The van der Waals surface area contributed by atoms with Crippen LogP contribution < -0.4 is 16.6 Å². The molecule has 0 spiro atoms. The minimum Gasteiger partial charge on any atom is -0.350 e. The molecule has 1 aliphatic carbocycles. The molecular weight excluding hydrogens is 392 g/mol. The van der Waals surface area contributed by atoms with Gasteiger partial charge in [-0.1, -0.05) is 30.3 Å². The first-order valence-electron chi connectivity index (χ1n) is 10.5. The lowest BCUT2D eigenvalue weighted by Crippen LogP contribution is -2.46. The minimum absolute atomic E-state index is 0.0700. The van der Waals surface area contributed by atoms with E-state index in [0.29, 0.717) is 18.2 Å². The molecule has 7 nitrogen and oxygen atoms in total. The van der Waals surface area contributed by atoms with Crippen molar-refractivity contribution in [1.82, 2.24) is 19.7 Å². The monoisotopic (exact) mass is 418 g/mol. The van der Waals surface area contributed by atoms with Gasteiger partial charge in [-0.2, -0.15) is 9.78 Å². The number of nitrogens with one attached hydrogen (secondary N) is 1. The van der Waals surface area contributed by atoms with Crippen LogP contribution in [0.4, 0.5) is 0 Å². The summed E-state index contributed by atoms with van der Waals surface area (Å²) in [7, 11) is 0. The van der Waals surface area contributed by atoms with Crippen LogP contribution >= 0.6 is 0 Å². The van der Waals surface area contributed by atoms with Crippen LogP contribution in [0.3, 0.4) is 0 Å². The normalized spacial score (nSPS) is 13.3. The predicted octanol–water partition coefficient (Wildman–Crippen LogP) is 2.51. The van der Waals surface area contributed by atoms with Crippen molar-refractivity contribution >= 4 is 5.91 Å². The molecule has 3 aromatic rings. The Labute approximate surface area is 180 Å². The molecule has 1 amide bonds. The average molecular weight is 418 g/mol. The number of carbonyl (C=O) groups excluding carboxylic acids is 1. The molecule has 4 rings (SSSR count). The highest BCUT2D eigenvalue weighted by Gasteiger charge is 2.25. The number of carbonyl (C=O) groups is 1. The Morgan fingerprint density at radius 3 is 2.39 bits per heavy atom. The van der Waals surface area contributed by atoms with Crippen LogP contribution in [0.5, 0.6) is 0 Å². The van der Waals surface area contributed by atoms with Gasteiger partial charge in [0.15, 0.2) is 0 Å². The largest absolute Gasteiger partial charge is 0.352 e. The van der Waals surface area contributed by atoms with E-state index in [1.807, 2.05) is 63.2 Å². The van der Waals surface area contributed by atoms with E-state index in [9.17, 15) is 14.4 Å². The van der Waals surface area contributed by atoms with Crippen molar-refractivity contribution in [2.75, 3.05) is 6.54 Å². The van der Waals surface area contributed by atoms with Crippen molar-refractivity contribution in [3.05, 3.63) is 91.3 Å². The van der Waals surface area contributed by atoms with Crippen LogP contribution in [0.1, 0.15) is 45.6 Å². The summed E-state index contributed by atoms with van der Waals surface area (Å²) in [4.78, 5) is 39.3. The van der Waals surface area contributed by atoms with Crippen LogP contribution in [-0.2, 0) is 6.54 Å². The van der Waals surface area contributed by atoms with Crippen LogP contribution in [0, 0.1) is 26.7 Å². The fourth-order valence-corrected chi connectivity index (χ4v) is 3.64. The highest BCUT2D eigenvalue weighted by Crippen LogP contribution is 2.27. The summed E-state index contributed by atoms with van der Waals surface area (Å²) in [5.74, 6) is -0.0861. The topological polar surface area (TPSA) is 86.0 Å². The Balaban J connectivity index is 1.86. The number of amides is 1. The van der Waals surface area contributed by atoms with Crippen molar-refractivity contribution in [1.29, 1.82) is 0 Å². The Hall–Kier alpha value is -3.48. The van der Waals surface area contributed by atoms with E-state index in [4.69, 9.17) is 0 Å². The van der Waals surface area contributed by atoms with Crippen molar-refractivity contribution in [3.63, 3.8) is 0 Å². The lowest BCUT2D eigenvalue weighted by molar-refractivity contribution is 0.0942. The Morgan fingerprint density at radius 1 is 1.06 bits per heavy atom. The van der Waals surface area contributed by atoms with Crippen molar-refractivity contribution in [2.24, 2.45) is 5.92 Å². The quantitative estimate of drug-likeness (QED) is 0.667. The summed E-state index contributed by atoms with van der Waals surface area (Å²) in [6.45, 7) is 6.36. The van der Waals surface area contributed by atoms with Crippen LogP contribution in [-0.4, -0.2) is 26.8 Å².